The number of oxime groups is 1. The van der Waals surface area contributed by atoms with Crippen LogP contribution in [0.15, 0.2) is 17.3 Å². The molecular formula is C20H29N3O6. The van der Waals surface area contributed by atoms with Crippen molar-refractivity contribution < 1.29 is 29.3 Å². The summed E-state index contributed by atoms with van der Waals surface area (Å²) < 4.78 is 16.8. The average Bonchev–Trinajstić information content (AvgIpc) is 3.17. The lowest BCUT2D eigenvalue weighted by atomic mass is 9.90. The molecule has 0 aliphatic carbocycles. The van der Waals surface area contributed by atoms with Gasteiger partial charge in [0.15, 0.2) is 17.6 Å². The van der Waals surface area contributed by atoms with E-state index in [1.165, 1.54) is 0 Å². The van der Waals surface area contributed by atoms with Crippen molar-refractivity contribution in [3.8, 4) is 17.2 Å². The Morgan fingerprint density at radius 2 is 1.83 bits per heavy atom. The molecule has 0 aromatic heterocycles. The van der Waals surface area contributed by atoms with Gasteiger partial charge in [-0.25, -0.2) is 0 Å². The van der Waals surface area contributed by atoms with Crippen LogP contribution >= 0.6 is 0 Å². The Morgan fingerprint density at radius 1 is 1.14 bits per heavy atom. The molecule has 3 heterocycles. The van der Waals surface area contributed by atoms with Gasteiger partial charge >= 0.3 is 0 Å². The maximum absolute atomic E-state index is 9.61. The van der Waals surface area contributed by atoms with E-state index in [-0.39, 0.29) is 18.6 Å². The monoisotopic (exact) mass is 407 g/mol. The maximum Gasteiger partial charge on any atom is 0.164 e. The van der Waals surface area contributed by atoms with Crippen molar-refractivity contribution in [1.82, 2.24) is 9.80 Å². The number of rotatable bonds is 7. The van der Waals surface area contributed by atoms with Crippen LogP contribution in [0.2, 0.25) is 0 Å². The minimum Gasteiger partial charge on any atom is -0.493 e. The molecule has 4 rings (SSSR count). The number of fused-ring (bicyclic) bond motifs is 3. The number of β-amino-alcohol motifs (C(OH)–C–C–N with tert-alkyl or cyclic N) is 1. The number of hydrogen-bond donors (Lipinski definition) is 2. The van der Waals surface area contributed by atoms with E-state index < -0.39 is 6.10 Å². The van der Waals surface area contributed by atoms with Crippen molar-refractivity contribution in [2.45, 2.75) is 12.2 Å². The Labute approximate surface area is 170 Å². The molecule has 3 aliphatic heterocycles. The molecule has 2 N–H and O–H groups in total. The van der Waals surface area contributed by atoms with Crippen LogP contribution in [0.3, 0.4) is 0 Å². The van der Waals surface area contributed by atoms with Crippen LogP contribution in [0.1, 0.15) is 5.56 Å². The third kappa shape index (κ3) is 4.13. The number of nitrogens with zero attached hydrogens (tertiary/aromatic N) is 3. The maximum atomic E-state index is 9.61. The zero-order valence-electron chi connectivity index (χ0n) is 16.9. The molecule has 29 heavy (non-hydrogen) atoms. The molecule has 9 nitrogen and oxygen atoms in total. The first-order chi connectivity index (χ1) is 14.1. The summed E-state index contributed by atoms with van der Waals surface area (Å²) in [4.78, 5) is 10.3. The molecule has 9 heteroatoms. The lowest BCUT2D eigenvalue weighted by molar-refractivity contribution is -0.0000107. The largest absolute Gasteiger partial charge is 0.493 e. The molecule has 3 atom stereocenters. The van der Waals surface area contributed by atoms with Gasteiger partial charge in [-0.05, 0) is 6.07 Å². The highest BCUT2D eigenvalue weighted by Gasteiger charge is 2.41. The van der Waals surface area contributed by atoms with E-state index in [9.17, 15) is 5.11 Å². The van der Waals surface area contributed by atoms with Gasteiger partial charge < -0.3 is 29.3 Å². The van der Waals surface area contributed by atoms with Gasteiger partial charge in [0.25, 0.3) is 0 Å². The van der Waals surface area contributed by atoms with Gasteiger partial charge in [-0.2, -0.15) is 0 Å². The summed E-state index contributed by atoms with van der Waals surface area (Å²) in [5.74, 6) is 2.08. The quantitative estimate of drug-likeness (QED) is 0.641. The predicted molar refractivity (Wildman–Crippen MR) is 106 cm³/mol. The van der Waals surface area contributed by atoms with E-state index in [1.807, 2.05) is 12.1 Å². The van der Waals surface area contributed by atoms with Gasteiger partial charge in [-0.1, -0.05) is 5.16 Å². The van der Waals surface area contributed by atoms with Crippen LogP contribution in [0, 0.1) is 5.92 Å². The van der Waals surface area contributed by atoms with Gasteiger partial charge in [0.2, 0.25) is 0 Å². The molecule has 1 aromatic rings. The summed E-state index contributed by atoms with van der Waals surface area (Å²) >= 11 is 0. The molecule has 0 saturated carbocycles. The highest BCUT2D eigenvalue weighted by molar-refractivity contribution is 6.06. The summed E-state index contributed by atoms with van der Waals surface area (Å²) in [6, 6.07) is 3.73. The Hall–Kier alpha value is -2.07. The van der Waals surface area contributed by atoms with Crippen molar-refractivity contribution in [3.05, 3.63) is 17.7 Å². The highest BCUT2D eigenvalue weighted by atomic mass is 16.6. The van der Waals surface area contributed by atoms with Crippen LogP contribution in [-0.2, 0) is 4.84 Å². The number of piperazine rings is 1. The minimum atomic E-state index is -0.675. The second-order valence-electron chi connectivity index (χ2n) is 7.68. The fourth-order valence-corrected chi connectivity index (χ4v) is 4.16. The zero-order chi connectivity index (χ0) is 20.4. The normalized spacial score (nSPS) is 25.3. The molecule has 0 amide bonds. The van der Waals surface area contributed by atoms with Crippen molar-refractivity contribution in [2.75, 3.05) is 66.7 Å². The van der Waals surface area contributed by atoms with Gasteiger partial charge in [-0.15, -0.1) is 0 Å². The molecule has 160 valence electrons. The second-order valence-corrected chi connectivity index (χ2v) is 7.68. The van der Waals surface area contributed by atoms with Crippen molar-refractivity contribution in [3.63, 3.8) is 0 Å². The third-order valence-electron chi connectivity index (χ3n) is 5.85. The topological polar surface area (TPSA) is 96.2 Å². The molecule has 3 aliphatic rings. The number of methoxy groups -OCH3 is 2. The summed E-state index contributed by atoms with van der Waals surface area (Å²) in [5.41, 5.74) is 1.80. The van der Waals surface area contributed by atoms with Gasteiger partial charge in [0.05, 0.1) is 32.8 Å². The standard InChI is InChI=1S/C20H29N3O6/c1-26-17-7-14-16(8-18(17)27-2)28-12-15-19(29-21-20(14)15)10-23-5-3-22(4-6-23)9-13(25)11-24/h7-8,13,15,19,24-25H,3-6,9-12H2,1-2H3. The van der Waals surface area contributed by atoms with Crippen LogP contribution in [0.4, 0.5) is 0 Å². The van der Waals surface area contributed by atoms with E-state index in [0.717, 1.165) is 49.7 Å². The number of ether oxygens (including phenoxy) is 3. The molecular weight excluding hydrogens is 378 g/mol. The van der Waals surface area contributed by atoms with E-state index in [4.69, 9.17) is 24.2 Å². The molecule has 1 saturated heterocycles. The van der Waals surface area contributed by atoms with Crippen LogP contribution in [0.5, 0.6) is 17.2 Å². The molecule has 3 unspecified atom stereocenters. The van der Waals surface area contributed by atoms with Crippen molar-refractivity contribution >= 4 is 5.71 Å². The van der Waals surface area contributed by atoms with Crippen molar-refractivity contribution in [1.29, 1.82) is 0 Å². The highest BCUT2D eigenvalue weighted by Crippen LogP contribution is 2.40. The van der Waals surface area contributed by atoms with Crippen LogP contribution in [0.25, 0.3) is 0 Å². The van der Waals surface area contributed by atoms with Crippen molar-refractivity contribution in [2.24, 2.45) is 11.1 Å². The zero-order valence-corrected chi connectivity index (χ0v) is 16.9. The Kier molecular flexibility index (Phi) is 6.09. The Balaban J connectivity index is 1.37. The number of aliphatic hydroxyl groups is 2. The van der Waals surface area contributed by atoms with Crippen LogP contribution < -0.4 is 14.2 Å². The number of hydrogen-bond acceptors (Lipinski definition) is 9. The Bertz CT molecular complexity index is 750. The molecule has 1 fully saturated rings. The summed E-state index contributed by atoms with van der Waals surface area (Å²) in [6.07, 6.45) is -0.730. The fourth-order valence-electron chi connectivity index (χ4n) is 4.16. The first-order valence-corrected chi connectivity index (χ1v) is 9.99. The lowest BCUT2D eigenvalue weighted by Gasteiger charge is -2.37. The van der Waals surface area contributed by atoms with E-state index in [2.05, 4.69) is 15.0 Å². The summed E-state index contributed by atoms with van der Waals surface area (Å²) in [5, 5.41) is 23.0. The third-order valence-corrected chi connectivity index (χ3v) is 5.85. The SMILES string of the molecule is COc1cc2c(cc1OC)C1=NOC(CN3CCN(CC(O)CO)CC3)C1CO2. The Morgan fingerprint density at radius 3 is 2.52 bits per heavy atom. The van der Waals surface area contributed by atoms with E-state index >= 15 is 0 Å². The molecule has 0 radical (unpaired) electrons. The van der Waals surface area contributed by atoms with E-state index in [0.29, 0.717) is 24.7 Å². The predicted octanol–water partition coefficient (Wildman–Crippen LogP) is -0.214. The summed E-state index contributed by atoms with van der Waals surface area (Å²) in [6.45, 7) is 5.11. The van der Waals surface area contributed by atoms with Crippen LogP contribution in [-0.4, -0.2) is 105 Å². The number of aliphatic hydroxyl groups excluding tert-OH is 2. The first kappa shape index (κ1) is 20.2. The fraction of sp³-hybridized carbons (Fsp3) is 0.650. The summed E-state index contributed by atoms with van der Waals surface area (Å²) in [7, 11) is 3.22. The first-order valence-electron chi connectivity index (χ1n) is 9.99. The molecule has 0 spiro atoms. The lowest BCUT2D eigenvalue weighted by Crippen LogP contribution is -2.51. The van der Waals surface area contributed by atoms with Gasteiger partial charge in [0.1, 0.15) is 18.1 Å². The molecule has 0 bridgehead atoms. The average molecular weight is 407 g/mol. The smallest absolute Gasteiger partial charge is 0.164 e. The van der Waals surface area contributed by atoms with Gasteiger partial charge in [0, 0.05) is 50.9 Å². The molecule has 1 aromatic carbocycles. The van der Waals surface area contributed by atoms with Gasteiger partial charge in [-0.3, -0.25) is 9.80 Å². The minimum absolute atomic E-state index is 0.0548. The van der Waals surface area contributed by atoms with E-state index in [1.54, 1.807) is 14.2 Å². The second kappa shape index (κ2) is 8.74. The number of benzene rings is 1.